The second-order valence-electron chi connectivity index (χ2n) is 10.9. The fraction of sp³-hybridized carbons (Fsp3) is 0.200. The number of nitrogens with two attached hydrogens (primary N) is 1. The Bertz CT molecular complexity index is 2080. The molecule has 2 aromatic heterocycles. The number of Topliss-reactive ketones (excluding diaryl/α,β-unsaturated/α-hetero) is 1. The molecule has 0 unspecified atom stereocenters. The number of amides is 2. The van der Waals surface area contributed by atoms with Crippen LogP contribution >= 0.6 is 0 Å². The van der Waals surface area contributed by atoms with Gasteiger partial charge in [0, 0.05) is 30.3 Å². The summed E-state index contributed by atoms with van der Waals surface area (Å²) in [5, 5.41) is 19.8. The van der Waals surface area contributed by atoms with E-state index in [1.165, 1.54) is 11.0 Å². The van der Waals surface area contributed by atoms with Crippen LogP contribution in [0.3, 0.4) is 0 Å². The molecule has 0 spiro atoms. The van der Waals surface area contributed by atoms with E-state index in [1.54, 1.807) is 18.2 Å². The van der Waals surface area contributed by atoms with Crippen LogP contribution in [0.25, 0.3) is 11.4 Å². The number of nitrogens with zero attached hydrogens (tertiary/aromatic N) is 6. The maximum Gasteiger partial charge on any atom is 0.270 e. The van der Waals surface area contributed by atoms with Crippen molar-refractivity contribution in [3.63, 3.8) is 0 Å². The molecule has 3 aromatic carbocycles. The van der Waals surface area contributed by atoms with E-state index >= 15 is 0 Å². The number of carbonyl (C=O) groups is 3. The van der Waals surface area contributed by atoms with Gasteiger partial charge in [-0.2, -0.15) is 5.21 Å². The van der Waals surface area contributed by atoms with Crippen LogP contribution in [0.4, 0.5) is 11.4 Å². The fourth-order valence-corrected chi connectivity index (χ4v) is 5.85. The van der Waals surface area contributed by atoms with Crippen molar-refractivity contribution in [1.29, 1.82) is 0 Å². The normalized spacial score (nSPS) is 15.5. The number of aryl methyl sites for hydroxylation is 1. The van der Waals surface area contributed by atoms with Crippen molar-refractivity contribution in [1.82, 2.24) is 41.2 Å². The van der Waals surface area contributed by atoms with Gasteiger partial charge < -0.3 is 21.3 Å². The average molecular weight is 605 g/mol. The molecule has 1 aliphatic carbocycles. The largest absolute Gasteiger partial charge is 0.394 e. The second-order valence-corrected chi connectivity index (χ2v) is 10.9. The number of rotatable bonds is 7. The topological polar surface area (TPSA) is 219 Å². The van der Waals surface area contributed by atoms with Crippen LogP contribution in [0.2, 0.25) is 0 Å². The smallest absolute Gasteiger partial charge is 0.270 e. The number of hydrogen-bond acceptors (Lipinski definition) is 12. The molecule has 0 saturated heterocycles. The number of aromatic amines is 1. The molecular formula is C30H24N10O5. The first-order valence-corrected chi connectivity index (χ1v) is 14.0. The molecule has 1 atom stereocenters. The summed E-state index contributed by atoms with van der Waals surface area (Å²) in [5.41, 5.74) is 8.99. The van der Waals surface area contributed by atoms with Gasteiger partial charge >= 0.3 is 0 Å². The van der Waals surface area contributed by atoms with E-state index < -0.39 is 22.7 Å². The van der Waals surface area contributed by atoms with E-state index in [9.17, 15) is 24.0 Å². The van der Waals surface area contributed by atoms with E-state index in [0.29, 0.717) is 28.9 Å². The fourth-order valence-electron chi connectivity index (χ4n) is 5.85. The molecule has 5 N–H and O–H groups in total. The monoisotopic (exact) mass is 604 g/mol. The molecule has 15 heteroatoms. The molecule has 7 rings (SSSR count). The predicted molar refractivity (Wildman–Crippen MR) is 159 cm³/mol. The van der Waals surface area contributed by atoms with Gasteiger partial charge in [-0.15, -0.1) is 10.2 Å². The molecule has 0 fully saturated rings. The Kier molecular flexibility index (Phi) is 6.68. The first kappa shape index (κ1) is 27.7. The number of fused-ring (bicyclic) bond motifs is 2. The molecule has 15 nitrogen and oxygen atoms in total. The number of benzene rings is 2. The van der Waals surface area contributed by atoms with Crippen LogP contribution < -0.4 is 32.1 Å². The van der Waals surface area contributed by atoms with Gasteiger partial charge in [0.25, 0.3) is 22.7 Å². The molecule has 1 aliphatic heterocycles. The van der Waals surface area contributed by atoms with Gasteiger partial charge in [0.05, 0.1) is 12.6 Å². The van der Waals surface area contributed by atoms with Crippen LogP contribution in [0.5, 0.6) is 0 Å². The molecule has 2 amide bonds. The Morgan fingerprint density at radius 2 is 1.78 bits per heavy atom. The Morgan fingerprint density at radius 1 is 0.956 bits per heavy atom. The summed E-state index contributed by atoms with van der Waals surface area (Å²) in [6, 6.07) is 12.1. The summed E-state index contributed by atoms with van der Waals surface area (Å²) in [6.45, 7) is 0.268. The minimum atomic E-state index is -0.745. The summed E-state index contributed by atoms with van der Waals surface area (Å²) in [7, 11) is 0. The first-order valence-electron chi connectivity index (χ1n) is 14.0. The summed E-state index contributed by atoms with van der Waals surface area (Å²) < 4.78 is 0. The zero-order valence-electron chi connectivity index (χ0n) is 23.5. The number of H-pyrrole nitrogens is 1. The lowest BCUT2D eigenvalue weighted by Crippen LogP contribution is -2.46. The third-order valence-corrected chi connectivity index (χ3v) is 8.12. The Balaban J connectivity index is 0.997. The Labute approximate surface area is 253 Å². The van der Waals surface area contributed by atoms with Gasteiger partial charge in [-0.25, -0.2) is 9.97 Å². The van der Waals surface area contributed by atoms with Gasteiger partial charge in [0.2, 0.25) is 5.82 Å². The second kappa shape index (κ2) is 10.9. The third-order valence-electron chi connectivity index (χ3n) is 8.12. The quantitative estimate of drug-likeness (QED) is 0.185. The van der Waals surface area contributed by atoms with E-state index in [2.05, 4.69) is 41.2 Å². The highest BCUT2D eigenvalue weighted by atomic mass is 16.2. The summed E-state index contributed by atoms with van der Waals surface area (Å²) in [4.78, 5) is 71.9. The highest BCUT2D eigenvalue weighted by Gasteiger charge is 2.30. The molecule has 224 valence electrons. The number of tetrazole rings is 1. The molecular weight excluding hydrogens is 580 g/mol. The summed E-state index contributed by atoms with van der Waals surface area (Å²) in [5.74, 6) is -0.661. The SMILES string of the molecule is Nc1c(N2CC(=O)c3ccc(CNC(=O)c4cc(C(=O)N[C@H]5CCc6cc(-c7nn[nH]n7)ccc65)ncn4)cc3C2)c(=O)c1=O. The molecule has 45 heavy (non-hydrogen) atoms. The Morgan fingerprint density at radius 3 is 2.56 bits per heavy atom. The van der Waals surface area contributed by atoms with Crippen LogP contribution in [-0.4, -0.2) is 54.7 Å². The van der Waals surface area contributed by atoms with Crippen LogP contribution in [-0.2, 0) is 19.5 Å². The van der Waals surface area contributed by atoms with Crippen LogP contribution in [0, 0.1) is 0 Å². The zero-order chi connectivity index (χ0) is 31.2. The maximum atomic E-state index is 13.1. The summed E-state index contributed by atoms with van der Waals surface area (Å²) >= 11 is 0. The van der Waals surface area contributed by atoms with Crippen LogP contribution in [0.15, 0.2) is 58.4 Å². The zero-order valence-corrected chi connectivity index (χ0v) is 23.5. The Hall–Kier alpha value is -6.12. The van der Waals surface area contributed by atoms with Gasteiger partial charge in [0.15, 0.2) is 5.78 Å². The lowest BCUT2D eigenvalue weighted by molar-refractivity contribution is 0.0930. The minimum Gasteiger partial charge on any atom is -0.394 e. The van der Waals surface area contributed by atoms with Gasteiger partial charge in [-0.1, -0.05) is 30.3 Å². The molecule has 0 saturated carbocycles. The number of aromatic nitrogens is 6. The lowest BCUT2D eigenvalue weighted by atomic mass is 9.95. The van der Waals surface area contributed by atoms with Gasteiger partial charge in [0.1, 0.15) is 29.1 Å². The van der Waals surface area contributed by atoms with E-state index in [4.69, 9.17) is 5.73 Å². The van der Waals surface area contributed by atoms with Crippen molar-refractivity contribution in [2.75, 3.05) is 17.2 Å². The standard InChI is InChI=1S/C30H24N10O5/c31-24-25(27(43)26(24)42)40-11-17-7-14(1-4-19(17)23(41)12-40)10-32-29(44)21-9-22(34-13-33-21)30(45)35-20-6-3-15-8-16(2-5-18(15)20)28-36-38-39-37-28/h1-2,4-5,7-9,13,20H,3,6,10-12,31H2,(H,32,44)(H,35,45)(H,36,37,38,39)/t20-/m0/s1. The molecule has 0 bridgehead atoms. The average Bonchev–Trinajstić information content (AvgIpc) is 3.74. The van der Waals surface area contributed by atoms with Crippen molar-refractivity contribution in [2.24, 2.45) is 0 Å². The molecule has 5 aromatic rings. The van der Waals surface area contributed by atoms with Crippen LogP contribution in [0.1, 0.15) is 66.1 Å². The van der Waals surface area contributed by atoms with Crippen molar-refractivity contribution >= 4 is 29.0 Å². The lowest BCUT2D eigenvalue weighted by Gasteiger charge is -2.31. The first-order chi connectivity index (χ1) is 21.8. The van der Waals surface area contributed by atoms with E-state index in [0.717, 1.165) is 29.4 Å². The van der Waals surface area contributed by atoms with Crippen molar-refractivity contribution in [3.8, 4) is 11.4 Å². The van der Waals surface area contributed by atoms with E-state index in [1.807, 2.05) is 18.2 Å². The number of hydrogen-bond donors (Lipinski definition) is 4. The predicted octanol–water partition coefficient (Wildman–Crippen LogP) is 0.385. The summed E-state index contributed by atoms with van der Waals surface area (Å²) in [6.07, 6.45) is 2.64. The number of anilines is 2. The number of nitrogen functional groups attached to an aromatic ring is 1. The van der Waals surface area contributed by atoms with E-state index in [-0.39, 0.29) is 54.2 Å². The molecule has 2 aliphatic rings. The minimum absolute atomic E-state index is 0.0154. The van der Waals surface area contributed by atoms with Crippen molar-refractivity contribution in [3.05, 3.63) is 108 Å². The molecule has 3 heterocycles. The maximum absolute atomic E-state index is 13.1. The highest BCUT2D eigenvalue weighted by molar-refractivity contribution is 6.02. The molecule has 0 radical (unpaired) electrons. The number of carbonyl (C=O) groups excluding carboxylic acids is 3. The van der Waals surface area contributed by atoms with Crippen molar-refractivity contribution < 1.29 is 14.4 Å². The van der Waals surface area contributed by atoms with Gasteiger partial charge in [-0.05, 0) is 46.4 Å². The number of nitrogens with one attached hydrogen (secondary N) is 3. The van der Waals surface area contributed by atoms with Crippen molar-refractivity contribution in [2.45, 2.75) is 32.0 Å². The third kappa shape index (κ3) is 4.99. The van der Waals surface area contributed by atoms with Gasteiger partial charge in [-0.3, -0.25) is 24.0 Å². The highest BCUT2D eigenvalue weighted by Crippen LogP contribution is 2.33. The number of ketones is 1.